The van der Waals surface area contributed by atoms with Crippen LogP contribution in [0.1, 0.15) is 45.4 Å². The predicted octanol–water partition coefficient (Wildman–Crippen LogP) is 3.05. The van der Waals surface area contributed by atoms with Gasteiger partial charge in [-0.05, 0) is 78.7 Å². The van der Waals surface area contributed by atoms with E-state index in [1.165, 1.54) is 58.2 Å². The highest BCUT2D eigenvalue weighted by atomic mass is 15.0. The molecular formula is C15H30N2. The molecule has 0 aromatic carbocycles. The van der Waals surface area contributed by atoms with Crippen LogP contribution in [0, 0.1) is 5.92 Å². The Balaban J connectivity index is 1.88. The van der Waals surface area contributed by atoms with Gasteiger partial charge in [-0.1, -0.05) is 18.1 Å². The summed E-state index contributed by atoms with van der Waals surface area (Å²) in [7, 11) is 4.30. The van der Waals surface area contributed by atoms with Gasteiger partial charge in [0.25, 0.3) is 0 Å². The molecular weight excluding hydrogens is 208 g/mol. The fourth-order valence-electron chi connectivity index (χ4n) is 2.37. The zero-order valence-corrected chi connectivity index (χ0v) is 12.0. The summed E-state index contributed by atoms with van der Waals surface area (Å²) in [6, 6.07) is 0. The van der Waals surface area contributed by atoms with Gasteiger partial charge in [-0.15, -0.1) is 0 Å². The van der Waals surface area contributed by atoms with E-state index < -0.39 is 0 Å². The molecule has 0 aliphatic heterocycles. The molecule has 1 N–H and O–H groups in total. The molecule has 0 aromatic heterocycles. The average Bonchev–Trinajstić information content (AvgIpc) is 2.30. The Bertz CT molecular complexity index is 221. The molecule has 0 heterocycles. The van der Waals surface area contributed by atoms with E-state index in [9.17, 15) is 0 Å². The van der Waals surface area contributed by atoms with Gasteiger partial charge in [-0.2, -0.15) is 0 Å². The summed E-state index contributed by atoms with van der Waals surface area (Å²) < 4.78 is 0. The molecule has 1 rings (SSSR count). The number of hydrogen-bond acceptors (Lipinski definition) is 2. The number of nitrogens with one attached hydrogen (secondary N) is 1. The first kappa shape index (κ1) is 14.7. The third-order valence-corrected chi connectivity index (χ3v) is 3.64. The highest BCUT2D eigenvalue weighted by Gasteiger charge is 2.11. The van der Waals surface area contributed by atoms with E-state index in [4.69, 9.17) is 0 Å². The van der Waals surface area contributed by atoms with Crippen molar-refractivity contribution in [1.82, 2.24) is 10.2 Å². The van der Waals surface area contributed by atoms with Gasteiger partial charge >= 0.3 is 0 Å². The zero-order chi connectivity index (χ0) is 12.5. The molecule has 0 bridgehead atoms. The first-order valence-electron chi connectivity index (χ1n) is 7.19. The second kappa shape index (κ2) is 8.71. The van der Waals surface area contributed by atoms with E-state index in [0.717, 1.165) is 5.92 Å². The van der Waals surface area contributed by atoms with Crippen molar-refractivity contribution in [2.24, 2.45) is 5.92 Å². The minimum Gasteiger partial charge on any atom is -0.316 e. The van der Waals surface area contributed by atoms with Crippen LogP contribution in [0.5, 0.6) is 0 Å². The summed E-state index contributed by atoms with van der Waals surface area (Å²) in [4.78, 5) is 2.27. The Morgan fingerprint density at radius 3 is 2.76 bits per heavy atom. The maximum atomic E-state index is 3.62. The smallest absolute Gasteiger partial charge is 0.00174 e. The van der Waals surface area contributed by atoms with Gasteiger partial charge in [0.15, 0.2) is 0 Å². The summed E-state index contributed by atoms with van der Waals surface area (Å²) >= 11 is 0. The molecule has 0 saturated heterocycles. The van der Waals surface area contributed by atoms with E-state index in [1.807, 2.05) is 0 Å². The molecule has 1 atom stereocenters. The minimum atomic E-state index is 0.889. The highest BCUT2D eigenvalue weighted by molar-refractivity contribution is 5.02. The monoisotopic (exact) mass is 238 g/mol. The van der Waals surface area contributed by atoms with E-state index in [0.29, 0.717) is 0 Å². The molecule has 0 fully saturated rings. The molecule has 0 spiro atoms. The minimum absolute atomic E-state index is 0.889. The average molecular weight is 238 g/mol. The molecule has 1 aliphatic carbocycles. The van der Waals surface area contributed by atoms with E-state index in [1.54, 1.807) is 5.57 Å². The Morgan fingerprint density at radius 1 is 1.29 bits per heavy atom. The molecule has 2 heteroatoms. The lowest BCUT2D eigenvalue weighted by Crippen LogP contribution is -2.25. The molecule has 0 radical (unpaired) electrons. The Labute approximate surface area is 107 Å². The SMILES string of the molecule is CC1=CC[C@@H](CNCCCCCN(C)C)CC1. The molecule has 0 aromatic rings. The molecule has 0 unspecified atom stereocenters. The normalized spacial score (nSPS) is 20.7. The van der Waals surface area contributed by atoms with Gasteiger partial charge in [-0.25, -0.2) is 0 Å². The maximum absolute atomic E-state index is 3.62. The second-order valence-electron chi connectivity index (χ2n) is 5.76. The van der Waals surface area contributed by atoms with E-state index >= 15 is 0 Å². The van der Waals surface area contributed by atoms with Gasteiger partial charge in [0, 0.05) is 0 Å². The quantitative estimate of drug-likeness (QED) is 0.516. The Morgan fingerprint density at radius 2 is 2.12 bits per heavy atom. The van der Waals surface area contributed by atoms with Gasteiger partial charge in [0.2, 0.25) is 0 Å². The fraction of sp³-hybridized carbons (Fsp3) is 0.867. The summed E-state index contributed by atoms with van der Waals surface area (Å²) in [5.41, 5.74) is 1.59. The first-order valence-corrected chi connectivity index (χ1v) is 7.19. The van der Waals surface area contributed by atoms with Crippen molar-refractivity contribution in [2.45, 2.75) is 45.4 Å². The number of nitrogens with zero attached hydrogens (tertiary/aromatic N) is 1. The fourth-order valence-corrected chi connectivity index (χ4v) is 2.37. The van der Waals surface area contributed by atoms with Crippen LogP contribution in [-0.4, -0.2) is 38.6 Å². The predicted molar refractivity (Wildman–Crippen MR) is 76.4 cm³/mol. The zero-order valence-electron chi connectivity index (χ0n) is 12.0. The summed E-state index contributed by atoms with van der Waals surface area (Å²) in [5.74, 6) is 0.889. The summed E-state index contributed by atoms with van der Waals surface area (Å²) in [5, 5.41) is 3.62. The standard InChI is InChI=1S/C15H30N2/c1-14-7-9-15(10-8-14)13-16-11-5-4-6-12-17(2)3/h7,15-16H,4-6,8-13H2,1-3H3/t15-/m1/s1. The Hall–Kier alpha value is -0.340. The number of allylic oxidation sites excluding steroid dienone is 2. The van der Waals surface area contributed by atoms with E-state index in [-0.39, 0.29) is 0 Å². The number of rotatable bonds is 8. The van der Waals surface area contributed by atoms with Crippen molar-refractivity contribution in [3.05, 3.63) is 11.6 Å². The summed E-state index contributed by atoms with van der Waals surface area (Å²) in [6.07, 6.45) is 10.4. The van der Waals surface area contributed by atoms with Crippen molar-refractivity contribution >= 4 is 0 Å². The van der Waals surface area contributed by atoms with Crippen LogP contribution in [0.3, 0.4) is 0 Å². The van der Waals surface area contributed by atoms with Crippen molar-refractivity contribution in [2.75, 3.05) is 33.7 Å². The van der Waals surface area contributed by atoms with Crippen LogP contribution in [0.2, 0.25) is 0 Å². The van der Waals surface area contributed by atoms with Gasteiger partial charge in [-0.3, -0.25) is 0 Å². The largest absolute Gasteiger partial charge is 0.316 e. The van der Waals surface area contributed by atoms with Gasteiger partial charge in [0.1, 0.15) is 0 Å². The topological polar surface area (TPSA) is 15.3 Å². The maximum Gasteiger partial charge on any atom is -0.00174 e. The summed E-state index contributed by atoms with van der Waals surface area (Å²) in [6.45, 7) is 5.91. The molecule has 2 nitrogen and oxygen atoms in total. The van der Waals surface area contributed by atoms with Crippen LogP contribution < -0.4 is 5.32 Å². The van der Waals surface area contributed by atoms with Gasteiger partial charge < -0.3 is 10.2 Å². The highest BCUT2D eigenvalue weighted by Crippen LogP contribution is 2.22. The molecule has 17 heavy (non-hydrogen) atoms. The van der Waals surface area contributed by atoms with Crippen LogP contribution in [-0.2, 0) is 0 Å². The van der Waals surface area contributed by atoms with Crippen molar-refractivity contribution < 1.29 is 0 Å². The van der Waals surface area contributed by atoms with Crippen LogP contribution >= 0.6 is 0 Å². The van der Waals surface area contributed by atoms with Crippen LogP contribution in [0.4, 0.5) is 0 Å². The molecule has 0 saturated carbocycles. The van der Waals surface area contributed by atoms with E-state index in [2.05, 4.69) is 37.3 Å². The van der Waals surface area contributed by atoms with Crippen LogP contribution in [0.15, 0.2) is 11.6 Å². The molecule has 1 aliphatic rings. The van der Waals surface area contributed by atoms with Crippen LogP contribution in [0.25, 0.3) is 0 Å². The van der Waals surface area contributed by atoms with Crippen molar-refractivity contribution in [3.8, 4) is 0 Å². The second-order valence-corrected chi connectivity index (χ2v) is 5.76. The van der Waals surface area contributed by atoms with Crippen molar-refractivity contribution in [3.63, 3.8) is 0 Å². The first-order chi connectivity index (χ1) is 8.18. The lowest BCUT2D eigenvalue weighted by atomic mass is 9.90. The number of hydrogen-bond donors (Lipinski definition) is 1. The third-order valence-electron chi connectivity index (χ3n) is 3.64. The van der Waals surface area contributed by atoms with Crippen molar-refractivity contribution in [1.29, 1.82) is 0 Å². The third kappa shape index (κ3) is 7.56. The Kier molecular flexibility index (Phi) is 7.54. The lowest BCUT2D eigenvalue weighted by Gasteiger charge is -2.20. The number of unbranched alkanes of at least 4 members (excludes halogenated alkanes) is 2. The molecule has 0 amide bonds. The molecule has 100 valence electrons. The van der Waals surface area contributed by atoms with Gasteiger partial charge in [0.05, 0.1) is 0 Å². The lowest BCUT2D eigenvalue weighted by molar-refractivity contribution is 0.386.